The lowest BCUT2D eigenvalue weighted by molar-refractivity contribution is -0.135. The maximum atomic E-state index is 12.5. The van der Waals surface area contributed by atoms with Gasteiger partial charge in [0.25, 0.3) is 0 Å². The van der Waals surface area contributed by atoms with Crippen LogP contribution in [0.1, 0.15) is 49.4 Å². The summed E-state index contributed by atoms with van der Waals surface area (Å²) >= 11 is 0. The zero-order valence-corrected chi connectivity index (χ0v) is 13.4. The number of carbonyl (C=O) groups excluding carboxylic acids is 2. The Morgan fingerprint density at radius 1 is 1.27 bits per heavy atom. The maximum absolute atomic E-state index is 12.5. The van der Waals surface area contributed by atoms with Crippen LogP contribution in [0.3, 0.4) is 0 Å². The van der Waals surface area contributed by atoms with Crippen molar-refractivity contribution in [2.24, 2.45) is 11.8 Å². The topological polar surface area (TPSA) is 57.6 Å². The van der Waals surface area contributed by atoms with Crippen LogP contribution >= 0.6 is 0 Å². The number of amides is 1. The van der Waals surface area contributed by atoms with Gasteiger partial charge in [0.05, 0.1) is 6.54 Å². The summed E-state index contributed by atoms with van der Waals surface area (Å²) in [4.78, 5) is 26.2. The number of Topliss-reactive ketones (excluding diaryl/α,β-unsaturated/α-hetero) is 1. The lowest BCUT2D eigenvalue weighted by atomic mass is 9.80. The van der Waals surface area contributed by atoms with Gasteiger partial charge in [-0.15, -0.1) is 0 Å². The van der Waals surface area contributed by atoms with Gasteiger partial charge in [-0.2, -0.15) is 0 Å². The molecule has 1 amide bonds. The van der Waals surface area contributed by atoms with Gasteiger partial charge in [-0.05, 0) is 30.9 Å². The first-order valence-corrected chi connectivity index (χ1v) is 8.06. The molecule has 1 atom stereocenters. The van der Waals surface area contributed by atoms with Gasteiger partial charge in [0.15, 0.2) is 5.78 Å². The second-order valence-corrected chi connectivity index (χ2v) is 6.35. The minimum absolute atomic E-state index is 0.0257. The van der Waals surface area contributed by atoms with Gasteiger partial charge in [-0.1, -0.05) is 38.3 Å². The smallest absolute Gasteiger partial charge is 0.225 e. The number of nitrogens with zero attached hydrogens (tertiary/aromatic N) is 1. The molecule has 0 saturated heterocycles. The highest BCUT2D eigenvalue weighted by Crippen LogP contribution is 2.30. The summed E-state index contributed by atoms with van der Waals surface area (Å²) in [6.07, 6.45) is 5.90. The molecule has 120 valence electrons. The zero-order valence-electron chi connectivity index (χ0n) is 13.4. The van der Waals surface area contributed by atoms with E-state index in [-0.39, 0.29) is 29.9 Å². The van der Waals surface area contributed by atoms with Crippen LogP contribution in [-0.2, 0) is 4.79 Å². The molecule has 0 heterocycles. The van der Waals surface area contributed by atoms with Crippen LogP contribution < -0.4 is 0 Å². The Bertz CT molecular complexity index is 535. The van der Waals surface area contributed by atoms with Gasteiger partial charge < -0.3 is 10.0 Å². The number of benzene rings is 1. The molecular formula is C18H25NO3. The molecule has 1 unspecified atom stereocenters. The van der Waals surface area contributed by atoms with Gasteiger partial charge in [0, 0.05) is 18.5 Å². The van der Waals surface area contributed by atoms with E-state index in [1.54, 1.807) is 19.2 Å². The number of phenolic OH excluding ortho intramolecular Hbond substituents is 1. The molecule has 1 aromatic carbocycles. The van der Waals surface area contributed by atoms with E-state index < -0.39 is 0 Å². The van der Waals surface area contributed by atoms with E-state index in [4.69, 9.17) is 0 Å². The molecule has 1 aliphatic carbocycles. The van der Waals surface area contributed by atoms with Crippen molar-refractivity contribution < 1.29 is 14.7 Å². The quantitative estimate of drug-likeness (QED) is 0.849. The standard InChI is InChI=1S/C18H25NO3/c1-13(14-7-4-3-5-8-14)18(22)19(2)12-17(21)15-9-6-10-16(20)11-15/h6,9-11,13-14,20H,3-5,7-8,12H2,1-2H3. The molecule has 1 aliphatic rings. The monoisotopic (exact) mass is 303 g/mol. The summed E-state index contributed by atoms with van der Waals surface area (Å²) in [6.45, 7) is 2.03. The molecule has 1 fully saturated rings. The second-order valence-electron chi connectivity index (χ2n) is 6.35. The highest BCUT2D eigenvalue weighted by Gasteiger charge is 2.28. The zero-order chi connectivity index (χ0) is 16.1. The van der Waals surface area contributed by atoms with Crippen LogP contribution in [0.25, 0.3) is 0 Å². The summed E-state index contributed by atoms with van der Waals surface area (Å²) in [6, 6.07) is 6.25. The Morgan fingerprint density at radius 3 is 2.59 bits per heavy atom. The van der Waals surface area contributed by atoms with Gasteiger partial charge in [0.1, 0.15) is 5.75 Å². The van der Waals surface area contributed by atoms with E-state index in [2.05, 4.69) is 0 Å². The Labute approximate surface area is 132 Å². The van der Waals surface area contributed by atoms with Crippen molar-refractivity contribution in [3.8, 4) is 5.75 Å². The Kier molecular flexibility index (Phi) is 5.58. The van der Waals surface area contributed by atoms with Crippen molar-refractivity contribution in [1.82, 2.24) is 4.90 Å². The number of hydrogen-bond acceptors (Lipinski definition) is 3. The lowest BCUT2D eigenvalue weighted by Gasteiger charge is -2.29. The molecule has 4 heteroatoms. The number of hydrogen-bond donors (Lipinski definition) is 1. The number of ketones is 1. The number of carbonyl (C=O) groups is 2. The molecule has 22 heavy (non-hydrogen) atoms. The Balaban J connectivity index is 1.94. The van der Waals surface area contributed by atoms with Crippen molar-refractivity contribution in [1.29, 1.82) is 0 Å². The van der Waals surface area contributed by atoms with Crippen molar-refractivity contribution in [3.05, 3.63) is 29.8 Å². The summed E-state index contributed by atoms with van der Waals surface area (Å²) in [7, 11) is 1.68. The number of likely N-dealkylation sites (N-methyl/N-ethyl adjacent to an activating group) is 1. The minimum Gasteiger partial charge on any atom is -0.508 e. The molecule has 2 rings (SSSR count). The summed E-state index contributed by atoms with van der Waals surface area (Å²) in [5, 5.41) is 9.43. The number of aromatic hydroxyl groups is 1. The molecule has 0 aliphatic heterocycles. The van der Waals surface area contributed by atoms with E-state index in [9.17, 15) is 14.7 Å². The fraction of sp³-hybridized carbons (Fsp3) is 0.556. The molecular weight excluding hydrogens is 278 g/mol. The highest BCUT2D eigenvalue weighted by molar-refractivity contribution is 5.99. The van der Waals surface area contributed by atoms with Crippen molar-refractivity contribution in [2.45, 2.75) is 39.0 Å². The van der Waals surface area contributed by atoms with E-state index in [0.29, 0.717) is 11.5 Å². The average molecular weight is 303 g/mol. The molecule has 0 spiro atoms. The van der Waals surface area contributed by atoms with Gasteiger partial charge in [-0.3, -0.25) is 9.59 Å². The third-order valence-corrected chi connectivity index (χ3v) is 4.67. The second kappa shape index (κ2) is 7.43. The molecule has 1 aromatic rings. The first-order valence-electron chi connectivity index (χ1n) is 8.06. The predicted molar refractivity (Wildman–Crippen MR) is 85.8 cm³/mol. The largest absolute Gasteiger partial charge is 0.508 e. The SMILES string of the molecule is CC(C(=O)N(C)CC(=O)c1cccc(O)c1)C1CCCCC1. The normalized spacial score (nSPS) is 17.0. The lowest BCUT2D eigenvalue weighted by Crippen LogP contribution is -2.38. The number of phenols is 1. The fourth-order valence-corrected chi connectivity index (χ4v) is 3.25. The van der Waals surface area contributed by atoms with Crippen LogP contribution in [0.15, 0.2) is 24.3 Å². The van der Waals surface area contributed by atoms with Crippen LogP contribution in [0.5, 0.6) is 5.75 Å². The van der Waals surface area contributed by atoms with E-state index in [1.807, 2.05) is 6.92 Å². The Hall–Kier alpha value is -1.84. The van der Waals surface area contributed by atoms with Crippen molar-refractivity contribution in [3.63, 3.8) is 0 Å². The molecule has 0 aromatic heterocycles. The van der Waals surface area contributed by atoms with E-state index >= 15 is 0 Å². The van der Waals surface area contributed by atoms with Crippen LogP contribution in [0, 0.1) is 11.8 Å². The third kappa shape index (κ3) is 4.09. The molecule has 1 saturated carbocycles. The first kappa shape index (κ1) is 16.5. The van der Waals surface area contributed by atoms with E-state index in [0.717, 1.165) is 12.8 Å². The number of rotatable bonds is 5. The fourth-order valence-electron chi connectivity index (χ4n) is 3.25. The van der Waals surface area contributed by atoms with Gasteiger partial charge in [-0.25, -0.2) is 0 Å². The average Bonchev–Trinajstić information content (AvgIpc) is 2.54. The summed E-state index contributed by atoms with van der Waals surface area (Å²) in [5.41, 5.74) is 0.435. The molecule has 1 N–H and O–H groups in total. The van der Waals surface area contributed by atoms with Crippen LogP contribution in [-0.4, -0.2) is 35.3 Å². The minimum atomic E-state index is -0.150. The first-order chi connectivity index (χ1) is 10.5. The maximum Gasteiger partial charge on any atom is 0.225 e. The van der Waals surface area contributed by atoms with Gasteiger partial charge in [0.2, 0.25) is 5.91 Å². The van der Waals surface area contributed by atoms with Crippen LogP contribution in [0.2, 0.25) is 0 Å². The van der Waals surface area contributed by atoms with Crippen molar-refractivity contribution >= 4 is 11.7 Å². The molecule has 0 radical (unpaired) electrons. The molecule has 0 bridgehead atoms. The van der Waals surface area contributed by atoms with Crippen LogP contribution in [0.4, 0.5) is 0 Å². The van der Waals surface area contributed by atoms with Crippen molar-refractivity contribution in [2.75, 3.05) is 13.6 Å². The third-order valence-electron chi connectivity index (χ3n) is 4.67. The predicted octanol–water partition coefficient (Wildman–Crippen LogP) is 3.25. The molecule has 4 nitrogen and oxygen atoms in total. The summed E-state index contributed by atoms with van der Waals surface area (Å²) in [5.74, 6) is 0.375. The van der Waals surface area contributed by atoms with Gasteiger partial charge >= 0.3 is 0 Å². The highest BCUT2D eigenvalue weighted by atomic mass is 16.3. The van der Waals surface area contributed by atoms with E-state index in [1.165, 1.54) is 36.3 Å². The Morgan fingerprint density at radius 2 is 1.95 bits per heavy atom. The summed E-state index contributed by atoms with van der Waals surface area (Å²) < 4.78 is 0.